The second-order valence-corrected chi connectivity index (χ2v) is 6.90. The third kappa shape index (κ3) is 2.86. The molecule has 0 spiro atoms. The van der Waals surface area contributed by atoms with Crippen LogP contribution in [-0.4, -0.2) is 59.3 Å². The van der Waals surface area contributed by atoms with Crippen LogP contribution in [0.25, 0.3) is 0 Å². The average molecular weight is 330 g/mol. The first-order valence-corrected chi connectivity index (χ1v) is 8.63. The fourth-order valence-corrected chi connectivity index (χ4v) is 3.75. The molecule has 2 heterocycles. The number of hydrogen-bond acceptors (Lipinski definition) is 3. The molecule has 6 heteroatoms. The van der Waals surface area contributed by atoms with E-state index < -0.39 is 5.97 Å². The van der Waals surface area contributed by atoms with Gasteiger partial charge in [-0.2, -0.15) is 0 Å². The summed E-state index contributed by atoms with van der Waals surface area (Å²) >= 11 is 0. The molecule has 6 nitrogen and oxygen atoms in total. The summed E-state index contributed by atoms with van der Waals surface area (Å²) in [5.74, 6) is -0.317. The Morgan fingerprint density at radius 3 is 2.75 bits per heavy atom. The fourth-order valence-electron chi connectivity index (χ4n) is 3.75. The van der Waals surface area contributed by atoms with Crippen molar-refractivity contribution in [3.63, 3.8) is 0 Å². The van der Waals surface area contributed by atoms with Gasteiger partial charge in [0.25, 0.3) is 0 Å². The minimum absolute atomic E-state index is 0.00907. The first-order chi connectivity index (χ1) is 11.6. The lowest BCUT2D eigenvalue weighted by Crippen LogP contribution is -2.52. The number of rotatable bonds is 2. The number of benzene rings is 1. The van der Waals surface area contributed by atoms with E-state index in [0.29, 0.717) is 50.7 Å². The molecule has 0 radical (unpaired) electrons. The Bertz CT molecular complexity index is 671. The summed E-state index contributed by atoms with van der Waals surface area (Å²) in [7, 11) is 0. The second kappa shape index (κ2) is 6.09. The monoisotopic (exact) mass is 330 g/mol. The molecular weight excluding hydrogens is 308 g/mol. The molecule has 1 unspecified atom stereocenters. The van der Waals surface area contributed by atoms with Crippen LogP contribution in [0, 0.1) is 5.92 Å². The van der Waals surface area contributed by atoms with Gasteiger partial charge in [-0.15, -0.1) is 0 Å². The Hall–Kier alpha value is -2.08. The van der Waals surface area contributed by atoms with E-state index in [1.165, 1.54) is 12.8 Å². The van der Waals surface area contributed by atoms with Gasteiger partial charge in [0.05, 0.1) is 18.3 Å². The smallest absolute Gasteiger partial charge is 0.336 e. The van der Waals surface area contributed by atoms with Crippen LogP contribution in [0.1, 0.15) is 34.3 Å². The molecule has 1 saturated heterocycles. The van der Waals surface area contributed by atoms with E-state index in [2.05, 4.69) is 0 Å². The van der Waals surface area contributed by atoms with Crippen LogP contribution in [0.2, 0.25) is 0 Å². The number of ether oxygens (including phenoxy) is 1. The second-order valence-electron chi connectivity index (χ2n) is 6.90. The van der Waals surface area contributed by atoms with Gasteiger partial charge in [0.2, 0.25) is 0 Å². The number of carboxylic acids is 1. The number of hydrogen-bond donors (Lipinski definition) is 1. The molecule has 3 aliphatic rings. The Morgan fingerprint density at radius 2 is 2.00 bits per heavy atom. The molecule has 1 N–H and O–H groups in total. The highest BCUT2D eigenvalue weighted by Gasteiger charge is 2.38. The summed E-state index contributed by atoms with van der Waals surface area (Å²) in [5.41, 5.74) is 2.12. The van der Waals surface area contributed by atoms with Crippen LogP contribution < -0.4 is 0 Å². The lowest BCUT2D eigenvalue weighted by Gasteiger charge is -2.38. The Morgan fingerprint density at radius 1 is 1.17 bits per heavy atom. The highest BCUT2D eigenvalue weighted by atomic mass is 16.5. The third-order valence-electron chi connectivity index (χ3n) is 5.29. The predicted octanol–water partition coefficient (Wildman–Crippen LogP) is 1.97. The van der Waals surface area contributed by atoms with E-state index in [0.717, 1.165) is 11.1 Å². The summed E-state index contributed by atoms with van der Waals surface area (Å²) in [6.45, 7) is 2.89. The number of morpholine rings is 1. The number of fused-ring (bicyclic) bond motifs is 1. The molecule has 1 atom stereocenters. The van der Waals surface area contributed by atoms with E-state index in [1.54, 1.807) is 17.0 Å². The molecule has 1 aromatic rings. The fraction of sp³-hybridized carbons (Fsp3) is 0.556. The number of carboxylic acid groups (broad SMARTS) is 1. The molecule has 4 rings (SSSR count). The molecule has 128 valence electrons. The highest BCUT2D eigenvalue weighted by molar-refractivity contribution is 5.90. The number of amides is 2. The van der Waals surface area contributed by atoms with Crippen LogP contribution in [0.3, 0.4) is 0 Å². The molecule has 1 aromatic carbocycles. The van der Waals surface area contributed by atoms with Crippen molar-refractivity contribution in [2.24, 2.45) is 5.92 Å². The van der Waals surface area contributed by atoms with E-state index in [-0.39, 0.29) is 12.1 Å². The summed E-state index contributed by atoms with van der Waals surface area (Å²) in [4.78, 5) is 28.0. The van der Waals surface area contributed by atoms with Gasteiger partial charge in [0.1, 0.15) is 0 Å². The van der Waals surface area contributed by atoms with Crippen molar-refractivity contribution < 1.29 is 19.4 Å². The van der Waals surface area contributed by atoms with Crippen molar-refractivity contribution >= 4 is 12.0 Å². The maximum absolute atomic E-state index is 12.9. The zero-order valence-electron chi connectivity index (χ0n) is 13.6. The molecule has 1 aliphatic carbocycles. The number of carbonyl (C=O) groups is 2. The van der Waals surface area contributed by atoms with Gasteiger partial charge in [0.15, 0.2) is 0 Å². The van der Waals surface area contributed by atoms with Crippen LogP contribution in [0.15, 0.2) is 18.2 Å². The van der Waals surface area contributed by atoms with Gasteiger partial charge in [-0.3, -0.25) is 0 Å². The van der Waals surface area contributed by atoms with Gasteiger partial charge in [-0.05, 0) is 42.4 Å². The van der Waals surface area contributed by atoms with Crippen LogP contribution in [0.4, 0.5) is 4.79 Å². The zero-order valence-corrected chi connectivity index (χ0v) is 13.6. The first-order valence-electron chi connectivity index (χ1n) is 8.63. The van der Waals surface area contributed by atoms with Crippen molar-refractivity contribution in [2.75, 3.05) is 26.2 Å². The minimum atomic E-state index is -0.929. The molecule has 2 aliphatic heterocycles. The normalized spacial score (nSPS) is 23.8. The summed E-state index contributed by atoms with van der Waals surface area (Å²) < 4.78 is 5.79. The minimum Gasteiger partial charge on any atom is -0.478 e. The molecule has 0 bridgehead atoms. The Labute approximate surface area is 141 Å². The SMILES string of the molecule is O=C(O)c1cccc2c1CN(C(=O)N1CCOC(C3CC3)C1)CC2. The van der Waals surface area contributed by atoms with Gasteiger partial charge >= 0.3 is 12.0 Å². The zero-order chi connectivity index (χ0) is 16.7. The summed E-state index contributed by atoms with van der Waals surface area (Å²) in [6.07, 6.45) is 3.28. The average Bonchev–Trinajstić information content (AvgIpc) is 3.45. The maximum Gasteiger partial charge on any atom is 0.336 e. The number of nitrogens with zero attached hydrogens (tertiary/aromatic N) is 2. The first kappa shape index (κ1) is 15.4. The van der Waals surface area contributed by atoms with Gasteiger partial charge in [-0.1, -0.05) is 12.1 Å². The highest BCUT2D eigenvalue weighted by Crippen LogP contribution is 2.36. The molecule has 2 fully saturated rings. The van der Waals surface area contributed by atoms with Gasteiger partial charge < -0.3 is 19.6 Å². The maximum atomic E-state index is 12.9. The van der Waals surface area contributed by atoms with Crippen LogP contribution >= 0.6 is 0 Å². The van der Waals surface area contributed by atoms with Crippen molar-refractivity contribution in [3.8, 4) is 0 Å². The number of aromatic carboxylic acids is 1. The third-order valence-corrected chi connectivity index (χ3v) is 5.29. The lowest BCUT2D eigenvalue weighted by molar-refractivity contribution is -0.0302. The quantitative estimate of drug-likeness (QED) is 0.900. The predicted molar refractivity (Wildman–Crippen MR) is 86.9 cm³/mol. The van der Waals surface area contributed by atoms with Crippen molar-refractivity contribution in [2.45, 2.75) is 31.9 Å². The lowest BCUT2D eigenvalue weighted by atomic mass is 9.95. The number of carbonyl (C=O) groups excluding carboxylic acids is 1. The van der Waals surface area contributed by atoms with E-state index in [9.17, 15) is 14.7 Å². The molecule has 24 heavy (non-hydrogen) atoms. The largest absolute Gasteiger partial charge is 0.478 e. The van der Waals surface area contributed by atoms with Crippen LogP contribution in [0.5, 0.6) is 0 Å². The Balaban J connectivity index is 1.49. The van der Waals surface area contributed by atoms with Crippen molar-refractivity contribution in [3.05, 3.63) is 34.9 Å². The van der Waals surface area contributed by atoms with Gasteiger partial charge in [0, 0.05) is 26.2 Å². The van der Waals surface area contributed by atoms with Crippen molar-refractivity contribution in [1.29, 1.82) is 0 Å². The topological polar surface area (TPSA) is 70.1 Å². The molecular formula is C18H22N2O4. The van der Waals surface area contributed by atoms with E-state index in [1.807, 2.05) is 11.0 Å². The molecule has 0 aromatic heterocycles. The van der Waals surface area contributed by atoms with Crippen LogP contribution in [-0.2, 0) is 17.7 Å². The van der Waals surface area contributed by atoms with Gasteiger partial charge in [-0.25, -0.2) is 9.59 Å². The van der Waals surface area contributed by atoms with E-state index in [4.69, 9.17) is 4.74 Å². The Kier molecular flexibility index (Phi) is 3.92. The molecule has 2 amide bonds. The summed E-state index contributed by atoms with van der Waals surface area (Å²) in [5, 5.41) is 9.39. The standard InChI is InChI=1S/C18H22N2O4/c21-17(22)14-3-1-2-12-6-7-19(10-15(12)14)18(23)20-8-9-24-16(11-20)13-4-5-13/h1-3,13,16H,4-11H2,(H,21,22). The van der Waals surface area contributed by atoms with E-state index >= 15 is 0 Å². The number of urea groups is 1. The summed E-state index contributed by atoms with van der Waals surface area (Å²) in [6, 6.07) is 5.37. The molecule has 1 saturated carbocycles. The van der Waals surface area contributed by atoms with Crippen molar-refractivity contribution in [1.82, 2.24) is 9.80 Å².